The van der Waals surface area contributed by atoms with Crippen LogP contribution < -0.4 is 22.2 Å². The van der Waals surface area contributed by atoms with Crippen molar-refractivity contribution in [3.63, 3.8) is 0 Å². The molecule has 0 bridgehead atoms. The maximum absolute atomic E-state index is 9.38. The Morgan fingerprint density at radius 2 is 2.03 bits per heavy atom. The van der Waals surface area contributed by atoms with Crippen molar-refractivity contribution in [2.75, 3.05) is 33.4 Å². The zero-order valence-electron chi connectivity index (χ0n) is 19.2. The Morgan fingerprint density at radius 1 is 1.32 bits per heavy atom. The number of guanidine groups is 1. The fourth-order valence-corrected chi connectivity index (χ4v) is 4.03. The van der Waals surface area contributed by atoms with E-state index in [0.717, 1.165) is 42.5 Å². The van der Waals surface area contributed by atoms with Crippen LogP contribution in [0.2, 0.25) is 0 Å². The van der Waals surface area contributed by atoms with Gasteiger partial charge >= 0.3 is 0 Å². The summed E-state index contributed by atoms with van der Waals surface area (Å²) in [5.41, 5.74) is 10.9. The predicted molar refractivity (Wildman–Crippen MR) is 126 cm³/mol. The van der Waals surface area contributed by atoms with Crippen LogP contribution in [-0.2, 0) is 4.74 Å². The van der Waals surface area contributed by atoms with Crippen molar-refractivity contribution in [2.24, 2.45) is 21.5 Å². The second kappa shape index (κ2) is 11.7. The standard InChI is InChI=1S/C22H37N7O2/c1-17(2)29-18(3)27-19(16-24)20(29)6-12-26-21(25-11-5-10-23)28-13-7-22(31-4,8-14-28)9-15-30/h5-6,10-11,16-17,30H,7-9,12-15,23-24H2,1-4H3/b10-5+,19-16+,20-6+,25-11-,26-21?. The van der Waals surface area contributed by atoms with E-state index in [1.54, 1.807) is 19.4 Å². The van der Waals surface area contributed by atoms with Crippen LogP contribution in [0.25, 0.3) is 12.3 Å². The number of aliphatic imine (C=N–C) groups is 2. The number of allylic oxidation sites excluding steroid dienone is 1. The minimum Gasteiger partial charge on any atom is -0.405 e. The lowest BCUT2D eigenvalue weighted by Crippen LogP contribution is -2.47. The lowest BCUT2D eigenvalue weighted by Gasteiger charge is -2.41. The topological polar surface area (TPSA) is 127 Å². The van der Waals surface area contributed by atoms with Crippen LogP contribution in [0.15, 0.2) is 22.3 Å². The van der Waals surface area contributed by atoms with E-state index in [0.29, 0.717) is 18.9 Å². The van der Waals surface area contributed by atoms with E-state index in [2.05, 4.69) is 33.3 Å². The summed E-state index contributed by atoms with van der Waals surface area (Å²) in [6, 6.07) is 0.263. The lowest BCUT2D eigenvalue weighted by atomic mass is 9.88. The number of aliphatic hydroxyl groups is 1. The van der Waals surface area contributed by atoms with Crippen LogP contribution in [0.1, 0.15) is 45.0 Å². The van der Waals surface area contributed by atoms with Gasteiger partial charge in [-0.1, -0.05) is 0 Å². The van der Waals surface area contributed by atoms with Crippen LogP contribution in [0.4, 0.5) is 0 Å². The molecule has 1 fully saturated rings. The molecule has 9 nitrogen and oxygen atoms in total. The Bertz CT molecular complexity index is 907. The van der Waals surface area contributed by atoms with E-state index in [1.165, 1.54) is 12.4 Å². The second-order valence-corrected chi connectivity index (χ2v) is 7.92. The highest BCUT2D eigenvalue weighted by atomic mass is 16.5. The number of likely N-dealkylation sites (tertiary alicyclic amines) is 1. The number of imidazole rings is 1. The monoisotopic (exact) mass is 431 g/mol. The van der Waals surface area contributed by atoms with E-state index in [4.69, 9.17) is 21.2 Å². The molecule has 1 saturated heterocycles. The zero-order valence-corrected chi connectivity index (χ0v) is 19.2. The number of aryl methyl sites for hydroxylation is 1. The van der Waals surface area contributed by atoms with Gasteiger partial charge in [0.15, 0.2) is 0 Å². The molecule has 0 atom stereocenters. The number of rotatable bonds is 7. The van der Waals surface area contributed by atoms with Gasteiger partial charge in [0, 0.05) is 45.3 Å². The van der Waals surface area contributed by atoms with Crippen molar-refractivity contribution in [1.29, 1.82) is 0 Å². The van der Waals surface area contributed by atoms with E-state index in [-0.39, 0.29) is 18.2 Å². The van der Waals surface area contributed by atoms with Gasteiger partial charge in [0.05, 0.1) is 17.5 Å². The Hall–Kier alpha value is -2.65. The van der Waals surface area contributed by atoms with Crippen LogP contribution in [0, 0.1) is 6.92 Å². The molecule has 0 unspecified atom stereocenters. The maximum Gasteiger partial charge on any atom is 0.220 e. The van der Waals surface area contributed by atoms with Crippen molar-refractivity contribution in [3.8, 4) is 0 Å². The summed E-state index contributed by atoms with van der Waals surface area (Å²) in [5.74, 6) is 1.57. The molecular weight excluding hydrogens is 394 g/mol. The Labute approximate surface area is 184 Å². The number of ether oxygens (including phenoxy) is 1. The Morgan fingerprint density at radius 3 is 2.58 bits per heavy atom. The van der Waals surface area contributed by atoms with Crippen molar-refractivity contribution >= 4 is 24.5 Å². The summed E-state index contributed by atoms with van der Waals surface area (Å²) in [6.45, 7) is 8.28. The molecule has 0 radical (unpaired) electrons. The Kier molecular flexibility index (Phi) is 9.26. The van der Waals surface area contributed by atoms with Gasteiger partial charge in [0.2, 0.25) is 5.96 Å². The van der Waals surface area contributed by atoms with E-state index >= 15 is 0 Å². The average molecular weight is 432 g/mol. The number of nitrogens with two attached hydrogens (primary N) is 2. The van der Waals surface area contributed by atoms with Crippen LogP contribution in [0.5, 0.6) is 0 Å². The first-order valence-electron chi connectivity index (χ1n) is 10.7. The highest BCUT2D eigenvalue weighted by Crippen LogP contribution is 2.29. The van der Waals surface area contributed by atoms with Crippen LogP contribution in [-0.4, -0.2) is 70.7 Å². The van der Waals surface area contributed by atoms with Gasteiger partial charge in [-0.25, -0.2) is 15.0 Å². The third kappa shape index (κ3) is 6.18. The van der Waals surface area contributed by atoms with Gasteiger partial charge in [-0.2, -0.15) is 0 Å². The van der Waals surface area contributed by atoms with Gasteiger partial charge in [0.25, 0.3) is 0 Å². The molecule has 2 rings (SSSR count). The molecule has 172 valence electrons. The third-order valence-electron chi connectivity index (χ3n) is 5.69. The first kappa shape index (κ1) is 24.6. The summed E-state index contributed by atoms with van der Waals surface area (Å²) in [4.78, 5) is 15.9. The fraction of sp³-hybridized carbons (Fsp3) is 0.591. The molecular formula is C22H37N7O2. The lowest BCUT2D eigenvalue weighted by molar-refractivity contribution is -0.0616. The van der Waals surface area contributed by atoms with Crippen molar-refractivity contribution in [1.82, 2.24) is 14.5 Å². The quantitative estimate of drug-likeness (QED) is 0.412. The fourth-order valence-electron chi connectivity index (χ4n) is 4.03. The smallest absolute Gasteiger partial charge is 0.220 e. The van der Waals surface area contributed by atoms with Crippen LogP contribution >= 0.6 is 0 Å². The van der Waals surface area contributed by atoms with Gasteiger partial charge in [-0.3, -0.25) is 0 Å². The molecule has 0 amide bonds. The number of piperidine rings is 1. The minimum absolute atomic E-state index is 0.118. The zero-order chi connectivity index (χ0) is 22.9. The van der Waals surface area contributed by atoms with Crippen LogP contribution in [0.3, 0.4) is 0 Å². The summed E-state index contributed by atoms with van der Waals surface area (Å²) in [7, 11) is 1.71. The van der Waals surface area contributed by atoms with Gasteiger partial charge in [-0.15, -0.1) is 0 Å². The number of methoxy groups -OCH3 is 1. The van der Waals surface area contributed by atoms with Crippen molar-refractivity contribution in [2.45, 2.75) is 51.7 Å². The number of nitrogens with zero attached hydrogens (tertiary/aromatic N) is 5. The molecule has 5 N–H and O–H groups in total. The van der Waals surface area contributed by atoms with E-state index in [9.17, 15) is 5.11 Å². The van der Waals surface area contributed by atoms with E-state index < -0.39 is 0 Å². The number of hydrogen-bond donors (Lipinski definition) is 3. The summed E-state index contributed by atoms with van der Waals surface area (Å²) in [5, 5.41) is 11.1. The number of aliphatic hydroxyl groups excluding tert-OH is 1. The molecule has 1 aliphatic rings. The van der Waals surface area contributed by atoms with Crippen molar-refractivity contribution in [3.05, 3.63) is 28.8 Å². The molecule has 1 aliphatic heterocycles. The SMILES string of the molecule is COC1(CCO)CCN(C(=NC/C=c2\c(=C/N)nc(C)n2C(C)C)/N=C\C=C\N)CC1. The average Bonchev–Trinajstić information content (AvgIpc) is 3.09. The van der Waals surface area contributed by atoms with E-state index in [1.807, 2.05) is 13.0 Å². The maximum atomic E-state index is 9.38. The highest BCUT2D eigenvalue weighted by Gasteiger charge is 2.34. The molecule has 9 heteroatoms. The number of aromatic nitrogens is 2. The molecule has 1 aromatic rings. The Balaban J connectivity index is 2.29. The molecule has 0 aliphatic carbocycles. The molecule has 0 spiro atoms. The first-order valence-corrected chi connectivity index (χ1v) is 10.7. The predicted octanol–water partition coefficient (Wildman–Crippen LogP) is 0.0122. The second-order valence-electron chi connectivity index (χ2n) is 7.92. The normalized spacial score (nSPS) is 18.9. The van der Waals surface area contributed by atoms with Crippen molar-refractivity contribution < 1.29 is 9.84 Å². The molecule has 0 saturated carbocycles. The summed E-state index contributed by atoms with van der Waals surface area (Å²) in [6.07, 6.45) is 10.6. The minimum atomic E-state index is -0.281. The molecule has 31 heavy (non-hydrogen) atoms. The first-order chi connectivity index (χ1) is 14.9. The van der Waals surface area contributed by atoms with Gasteiger partial charge in [0.1, 0.15) is 11.2 Å². The highest BCUT2D eigenvalue weighted by molar-refractivity contribution is 5.91. The van der Waals surface area contributed by atoms with Gasteiger partial charge in [-0.05, 0) is 58.4 Å². The molecule has 1 aromatic heterocycles. The number of hydrogen-bond acceptors (Lipinski definition) is 6. The van der Waals surface area contributed by atoms with Gasteiger partial charge < -0.3 is 30.8 Å². The summed E-state index contributed by atoms with van der Waals surface area (Å²) >= 11 is 0. The third-order valence-corrected chi connectivity index (χ3v) is 5.69. The molecule has 0 aromatic carbocycles. The molecule has 2 heterocycles. The largest absolute Gasteiger partial charge is 0.405 e. The summed E-state index contributed by atoms with van der Waals surface area (Å²) < 4.78 is 7.87.